The fraction of sp³-hybridized carbons (Fsp3) is 0.750. The highest BCUT2D eigenvalue weighted by molar-refractivity contribution is 7.09. The van der Waals surface area contributed by atoms with Crippen LogP contribution in [-0.4, -0.2) is 26.6 Å². The molecule has 0 radical (unpaired) electrons. The van der Waals surface area contributed by atoms with E-state index in [9.17, 15) is 5.11 Å². The van der Waals surface area contributed by atoms with Crippen LogP contribution in [0.2, 0.25) is 0 Å². The molecule has 5 heteroatoms. The van der Waals surface area contributed by atoms with Crippen molar-refractivity contribution in [2.75, 3.05) is 11.9 Å². The first-order chi connectivity index (χ1) is 6.26. The molecule has 13 heavy (non-hydrogen) atoms. The van der Waals surface area contributed by atoms with Crippen molar-refractivity contribution in [2.45, 2.75) is 32.2 Å². The van der Waals surface area contributed by atoms with E-state index < -0.39 is 0 Å². The van der Waals surface area contributed by atoms with Crippen LogP contribution in [-0.2, 0) is 0 Å². The Morgan fingerprint density at radius 2 is 2.23 bits per heavy atom. The third-order valence-electron chi connectivity index (χ3n) is 2.39. The van der Waals surface area contributed by atoms with E-state index in [-0.39, 0.29) is 12.1 Å². The summed E-state index contributed by atoms with van der Waals surface area (Å²) < 4.78 is 3.90. The average molecular weight is 201 g/mol. The van der Waals surface area contributed by atoms with Crippen molar-refractivity contribution in [3.8, 4) is 0 Å². The van der Waals surface area contributed by atoms with Crippen molar-refractivity contribution in [2.24, 2.45) is 0 Å². The second kappa shape index (κ2) is 4.53. The molecule has 0 aliphatic carbocycles. The summed E-state index contributed by atoms with van der Waals surface area (Å²) in [5, 5.41) is 13.3. The van der Waals surface area contributed by atoms with Gasteiger partial charge in [-0.3, -0.25) is 0 Å². The van der Waals surface area contributed by atoms with Gasteiger partial charge in [0.25, 0.3) is 0 Å². The molecule has 0 saturated heterocycles. The third-order valence-corrected chi connectivity index (χ3v) is 2.97. The Kier molecular flexibility index (Phi) is 3.62. The van der Waals surface area contributed by atoms with Gasteiger partial charge in [-0.25, -0.2) is 4.98 Å². The van der Waals surface area contributed by atoms with E-state index in [0.29, 0.717) is 0 Å². The Balaban J connectivity index is 2.67. The average Bonchev–Trinajstić information content (AvgIpc) is 2.67. The van der Waals surface area contributed by atoms with Crippen LogP contribution < -0.4 is 5.32 Å². The molecule has 1 aromatic heterocycles. The Labute approximate surface area is 82.2 Å². The molecule has 4 nitrogen and oxygen atoms in total. The highest BCUT2D eigenvalue weighted by atomic mass is 32.1. The fourth-order valence-electron chi connectivity index (χ4n) is 1.14. The maximum Gasteiger partial charge on any atom is 0.202 e. The van der Waals surface area contributed by atoms with Crippen LogP contribution in [0.15, 0.2) is 6.33 Å². The van der Waals surface area contributed by atoms with Gasteiger partial charge in [-0.15, -0.1) is 0 Å². The normalized spacial score (nSPS) is 11.6. The summed E-state index contributed by atoms with van der Waals surface area (Å²) in [4.78, 5) is 4.03. The molecule has 1 aromatic rings. The molecule has 0 aliphatic rings. The number of rotatable bonds is 5. The smallest absolute Gasteiger partial charge is 0.202 e. The zero-order valence-electron chi connectivity index (χ0n) is 7.95. The minimum absolute atomic E-state index is 0.125. The van der Waals surface area contributed by atoms with Gasteiger partial charge in [-0.2, -0.15) is 4.37 Å². The first-order valence-electron chi connectivity index (χ1n) is 4.42. The lowest BCUT2D eigenvalue weighted by Crippen LogP contribution is -2.40. The Morgan fingerprint density at radius 3 is 2.62 bits per heavy atom. The largest absolute Gasteiger partial charge is 0.394 e. The molecule has 0 atom stereocenters. The number of aliphatic hydroxyl groups is 1. The number of aliphatic hydroxyl groups excluding tert-OH is 1. The zero-order chi connectivity index (χ0) is 9.73. The molecular formula is C8H15N3OS. The summed E-state index contributed by atoms with van der Waals surface area (Å²) in [6.45, 7) is 4.22. The Morgan fingerprint density at radius 1 is 1.54 bits per heavy atom. The molecule has 0 fully saturated rings. The second-order valence-electron chi connectivity index (χ2n) is 3.02. The van der Waals surface area contributed by atoms with E-state index >= 15 is 0 Å². The van der Waals surface area contributed by atoms with Gasteiger partial charge in [-0.05, 0) is 12.8 Å². The highest BCUT2D eigenvalue weighted by Gasteiger charge is 2.25. The van der Waals surface area contributed by atoms with Gasteiger partial charge < -0.3 is 10.4 Å². The van der Waals surface area contributed by atoms with Gasteiger partial charge in [-0.1, -0.05) is 13.8 Å². The SMILES string of the molecule is CCC(CC)(CO)Nc1ncns1. The summed E-state index contributed by atoms with van der Waals surface area (Å²) in [6, 6.07) is 0. The molecule has 2 N–H and O–H groups in total. The second-order valence-corrected chi connectivity index (χ2v) is 3.80. The number of anilines is 1. The highest BCUT2D eigenvalue weighted by Crippen LogP contribution is 2.21. The van der Waals surface area contributed by atoms with Gasteiger partial charge in [0.2, 0.25) is 5.13 Å². The number of nitrogens with zero attached hydrogens (tertiary/aromatic N) is 2. The summed E-state index contributed by atoms with van der Waals surface area (Å²) >= 11 is 1.31. The van der Waals surface area contributed by atoms with Crippen molar-refractivity contribution < 1.29 is 5.11 Å². The quantitative estimate of drug-likeness (QED) is 0.758. The lowest BCUT2D eigenvalue weighted by molar-refractivity contribution is 0.202. The molecule has 0 aromatic carbocycles. The summed E-state index contributed by atoms with van der Waals surface area (Å²) in [7, 11) is 0. The van der Waals surface area contributed by atoms with E-state index in [1.165, 1.54) is 17.9 Å². The Hall–Kier alpha value is -0.680. The van der Waals surface area contributed by atoms with Gasteiger partial charge in [0.1, 0.15) is 6.33 Å². The summed E-state index contributed by atoms with van der Waals surface area (Å²) in [5.74, 6) is 0. The van der Waals surface area contributed by atoms with Crippen molar-refractivity contribution in [1.29, 1.82) is 0 Å². The molecular weight excluding hydrogens is 186 g/mol. The summed E-state index contributed by atoms with van der Waals surface area (Å²) in [5.41, 5.74) is -0.237. The van der Waals surface area contributed by atoms with E-state index in [1.807, 2.05) is 13.8 Å². The van der Waals surface area contributed by atoms with Crippen molar-refractivity contribution in [1.82, 2.24) is 9.36 Å². The van der Waals surface area contributed by atoms with E-state index in [2.05, 4.69) is 14.7 Å². The molecule has 0 spiro atoms. The zero-order valence-corrected chi connectivity index (χ0v) is 8.77. The van der Waals surface area contributed by atoms with Gasteiger partial charge in [0, 0.05) is 11.5 Å². The van der Waals surface area contributed by atoms with Crippen LogP contribution in [0.5, 0.6) is 0 Å². The predicted molar refractivity (Wildman–Crippen MR) is 53.9 cm³/mol. The number of hydrogen-bond donors (Lipinski definition) is 2. The van der Waals surface area contributed by atoms with Crippen molar-refractivity contribution >= 4 is 16.7 Å². The topological polar surface area (TPSA) is 58.0 Å². The number of nitrogens with one attached hydrogen (secondary N) is 1. The molecule has 0 saturated carbocycles. The van der Waals surface area contributed by atoms with Crippen molar-refractivity contribution in [3.05, 3.63) is 6.33 Å². The fourth-order valence-corrected chi connectivity index (χ4v) is 1.70. The van der Waals surface area contributed by atoms with Crippen LogP contribution in [0.25, 0.3) is 0 Å². The maximum absolute atomic E-state index is 9.27. The van der Waals surface area contributed by atoms with Gasteiger partial charge in [0.15, 0.2) is 0 Å². The maximum atomic E-state index is 9.27. The van der Waals surface area contributed by atoms with E-state index in [4.69, 9.17) is 0 Å². The van der Waals surface area contributed by atoms with E-state index in [1.54, 1.807) is 0 Å². The molecule has 0 amide bonds. The van der Waals surface area contributed by atoms with E-state index in [0.717, 1.165) is 18.0 Å². The lowest BCUT2D eigenvalue weighted by Gasteiger charge is -2.30. The van der Waals surface area contributed by atoms with Crippen LogP contribution in [0, 0.1) is 0 Å². The lowest BCUT2D eigenvalue weighted by atomic mass is 9.94. The molecule has 0 unspecified atom stereocenters. The van der Waals surface area contributed by atoms with Gasteiger partial charge in [0.05, 0.1) is 12.1 Å². The van der Waals surface area contributed by atoms with Crippen molar-refractivity contribution in [3.63, 3.8) is 0 Å². The minimum atomic E-state index is -0.237. The summed E-state index contributed by atoms with van der Waals surface area (Å²) in [6.07, 6.45) is 3.26. The van der Waals surface area contributed by atoms with Crippen LogP contribution in [0.3, 0.4) is 0 Å². The first-order valence-corrected chi connectivity index (χ1v) is 5.19. The minimum Gasteiger partial charge on any atom is -0.394 e. The molecule has 1 heterocycles. The Bertz CT molecular complexity index is 225. The molecule has 74 valence electrons. The standard InChI is InChI=1S/C8H15N3OS/c1-3-8(4-2,5-12)11-7-9-6-10-13-7/h6,12H,3-5H2,1-2H3,(H,9,10,11). The van der Waals surface area contributed by atoms with Crippen LogP contribution in [0.1, 0.15) is 26.7 Å². The predicted octanol–water partition coefficient (Wildman–Crippen LogP) is 1.50. The third kappa shape index (κ3) is 2.38. The van der Waals surface area contributed by atoms with Crippen LogP contribution in [0.4, 0.5) is 5.13 Å². The first kappa shape index (κ1) is 10.4. The monoisotopic (exact) mass is 201 g/mol. The number of aromatic nitrogens is 2. The van der Waals surface area contributed by atoms with Gasteiger partial charge >= 0.3 is 0 Å². The number of hydrogen-bond acceptors (Lipinski definition) is 5. The molecule has 0 bridgehead atoms. The molecule has 0 aliphatic heterocycles. The molecule has 1 rings (SSSR count). The van der Waals surface area contributed by atoms with Crippen LogP contribution >= 0.6 is 11.5 Å².